The smallest absolute Gasteiger partial charge is 0.269 e. The number of hydrogen-bond acceptors (Lipinski definition) is 5. The number of aliphatic hydroxyl groups excluding tert-OH is 1. The highest BCUT2D eigenvalue weighted by Crippen LogP contribution is 2.12. The molecule has 2 rings (SSSR count). The molecule has 2 N–H and O–H groups in total. The summed E-state index contributed by atoms with van der Waals surface area (Å²) in [6.07, 6.45) is -0.864. The Kier molecular flexibility index (Phi) is 5.65. The molecule has 0 heterocycles. The molecule has 0 unspecified atom stereocenters. The lowest BCUT2D eigenvalue weighted by Gasteiger charge is -2.13. The van der Waals surface area contributed by atoms with Gasteiger partial charge in [0.15, 0.2) is 0 Å². The molecule has 0 aliphatic carbocycles. The Morgan fingerprint density at radius 3 is 2.43 bits per heavy atom. The molecule has 0 fully saturated rings. The van der Waals surface area contributed by atoms with E-state index in [2.05, 4.69) is 5.32 Å². The Morgan fingerprint density at radius 2 is 1.83 bits per heavy atom. The third-order valence-corrected chi connectivity index (χ3v) is 3.02. The monoisotopic (exact) mass is 316 g/mol. The summed E-state index contributed by atoms with van der Waals surface area (Å²) < 4.78 is 5.37. The third kappa shape index (κ3) is 5.08. The number of carbonyl (C=O) groups is 1. The largest absolute Gasteiger partial charge is 0.491 e. The number of rotatable bonds is 7. The quantitative estimate of drug-likeness (QED) is 0.598. The lowest BCUT2D eigenvalue weighted by Crippen LogP contribution is -2.35. The van der Waals surface area contributed by atoms with Gasteiger partial charge in [-0.25, -0.2) is 0 Å². The fraction of sp³-hybridized carbons (Fsp3) is 0.188. The molecular weight excluding hydrogens is 300 g/mol. The zero-order chi connectivity index (χ0) is 16.7. The normalized spacial score (nSPS) is 11.5. The Bertz CT molecular complexity index is 658. The van der Waals surface area contributed by atoms with Crippen molar-refractivity contribution in [3.05, 3.63) is 70.3 Å². The number of ether oxygens (including phenoxy) is 1. The van der Waals surface area contributed by atoms with Gasteiger partial charge < -0.3 is 15.2 Å². The first kappa shape index (κ1) is 16.4. The van der Waals surface area contributed by atoms with E-state index in [1.54, 1.807) is 12.1 Å². The first-order valence-corrected chi connectivity index (χ1v) is 6.95. The molecule has 1 atom stereocenters. The molecule has 23 heavy (non-hydrogen) atoms. The van der Waals surface area contributed by atoms with Crippen molar-refractivity contribution in [3.8, 4) is 5.75 Å². The summed E-state index contributed by atoms with van der Waals surface area (Å²) >= 11 is 0. The van der Waals surface area contributed by atoms with E-state index in [1.165, 1.54) is 24.3 Å². The van der Waals surface area contributed by atoms with Gasteiger partial charge in [-0.15, -0.1) is 0 Å². The van der Waals surface area contributed by atoms with Crippen molar-refractivity contribution < 1.29 is 19.6 Å². The Hall–Kier alpha value is -2.93. The van der Waals surface area contributed by atoms with Crippen molar-refractivity contribution in [2.75, 3.05) is 13.2 Å². The van der Waals surface area contributed by atoms with E-state index in [4.69, 9.17) is 4.74 Å². The molecule has 0 aliphatic rings. The number of hydrogen-bond donors (Lipinski definition) is 2. The maximum absolute atomic E-state index is 11.9. The molecule has 120 valence electrons. The average molecular weight is 316 g/mol. The van der Waals surface area contributed by atoms with Crippen molar-refractivity contribution in [2.45, 2.75) is 6.10 Å². The van der Waals surface area contributed by atoms with Crippen LogP contribution in [-0.2, 0) is 0 Å². The minimum absolute atomic E-state index is 0.0165. The Labute approximate surface area is 132 Å². The van der Waals surface area contributed by atoms with Gasteiger partial charge in [-0.2, -0.15) is 0 Å². The van der Waals surface area contributed by atoms with Gasteiger partial charge in [0.1, 0.15) is 18.5 Å². The maximum Gasteiger partial charge on any atom is 0.269 e. The van der Waals surface area contributed by atoms with Crippen molar-refractivity contribution in [3.63, 3.8) is 0 Å². The van der Waals surface area contributed by atoms with E-state index in [9.17, 15) is 20.0 Å². The zero-order valence-electron chi connectivity index (χ0n) is 12.2. The van der Waals surface area contributed by atoms with Gasteiger partial charge in [0.25, 0.3) is 11.6 Å². The fourth-order valence-electron chi connectivity index (χ4n) is 1.82. The number of nitrogens with zero attached hydrogens (tertiary/aromatic N) is 1. The standard InChI is InChI=1S/C16H16N2O5/c19-14(11-23-15-4-2-1-3-5-15)10-17-16(20)12-6-8-13(9-7-12)18(21)22/h1-9,14,19H,10-11H2,(H,17,20)/t14-/m0/s1. The average Bonchev–Trinajstić information content (AvgIpc) is 2.58. The zero-order valence-corrected chi connectivity index (χ0v) is 12.2. The predicted octanol–water partition coefficient (Wildman–Crippen LogP) is 1.76. The van der Waals surface area contributed by atoms with Crippen LogP contribution in [0.3, 0.4) is 0 Å². The van der Waals surface area contributed by atoms with Crippen LogP contribution >= 0.6 is 0 Å². The second-order valence-electron chi connectivity index (χ2n) is 4.79. The van der Waals surface area contributed by atoms with Gasteiger partial charge in [0.2, 0.25) is 0 Å². The number of nitrogens with one attached hydrogen (secondary N) is 1. The first-order valence-electron chi connectivity index (χ1n) is 6.95. The second kappa shape index (κ2) is 7.90. The van der Waals surface area contributed by atoms with Gasteiger partial charge in [0, 0.05) is 24.2 Å². The van der Waals surface area contributed by atoms with Gasteiger partial charge in [-0.3, -0.25) is 14.9 Å². The van der Waals surface area contributed by atoms with Crippen LogP contribution in [0.15, 0.2) is 54.6 Å². The highest BCUT2D eigenvalue weighted by Gasteiger charge is 2.11. The predicted molar refractivity (Wildman–Crippen MR) is 83.4 cm³/mol. The van der Waals surface area contributed by atoms with E-state index < -0.39 is 16.9 Å². The van der Waals surface area contributed by atoms with Crippen molar-refractivity contribution in [2.24, 2.45) is 0 Å². The molecule has 0 bridgehead atoms. The number of non-ortho nitro benzene ring substituents is 1. The van der Waals surface area contributed by atoms with Gasteiger partial charge in [-0.1, -0.05) is 18.2 Å². The summed E-state index contributed by atoms with van der Waals surface area (Å²) in [5.74, 6) is 0.215. The molecule has 0 spiro atoms. The molecule has 0 saturated heterocycles. The maximum atomic E-state index is 11.9. The van der Waals surface area contributed by atoms with Gasteiger partial charge in [0.05, 0.1) is 4.92 Å². The van der Waals surface area contributed by atoms with Crippen LogP contribution in [0.4, 0.5) is 5.69 Å². The molecule has 1 amide bonds. The number of nitro groups is 1. The number of aliphatic hydroxyl groups is 1. The molecule has 0 radical (unpaired) electrons. The van der Waals surface area contributed by atoms with Crippen molar-refractivity contribution in [1.82, 2.24) is 5.32 Å². The third-order valence-electron chi connectivity index (χ3n) is 3.02. The lowest BCUT2D eigenvalue weighted by atomic mass is 10.2. The van der Waals surface area contributed by atoms with Gasteiger partial charge >= 0.3 is 0 Å². The topological polar surface area (TPSA) is 102 Å². The summed E-state index contributed by atoms with van der Waals surface area (Å²) in [5, 5.41) is 22.9. The highest BCUT2D eigenvalue weighted by molar-refractivity contribution is 5.94. The second-order valence-corrected chi connectivity index (χ2v) is 4.79. The van der Waals surface area contributed by atoms with Gasteiger partial charge in [-0.05, 0) is 24.3 Å². The summed E-state index contributed by atoms with van der Waals surface area (Å²) in [4.78, 5) is 21.9. The van der Waals surface area contributed by atoms with E-state index in [-0.39, 0.29) is 24.4 Å². The highest BCUT2D eigenvalue weighted by atomic mass is 16.6. The lowest BCUT2D eigenvalue weighted by molar-refractivity contribution is -0.384. The van der Waals surface area contributed by atoms with E-state index in [0.717, 1.165) is 0 Å². The number of carbonyl (C=O) groups excluding carboxylic acids is 1. The van der Waals surface area contributed by atoms with E-state index in [0.29, 0.717) is 5.75 Å². The SMILES string of the molecule is O=C(NC[C@H](O)COc1ccccc1)c1ccc([N+](=O)[O-])cc1. The number of benzene rings is 2. The Balaban J connectivity index is 1.78. The molecule has 7 nitrogen and oxygen atoms in total. The van der Waals surface area contributed by atoms with E-state index >= 15 is 0 Å². The number of para-hydroxylation sites is 1. The molecule has 0 aromatic heterocycles. The van der Waals surface area contributed by atoms with Crippen molar-refractivity contribution in [1.29, 1.82) is 0 Å². The summed E-state index contributed by atoms with van der Waals surface area (Å²) in [6, 6.07) is 14.3. The number of amides is 1. The summed E-state index contributed by atoms with van der Waals surface area (Å²) in [6.45, 7) is 0.0627. The van der Waals surface area contributed by atoms with Crippen molar-refractivity contribution >= 4 is 11.6 Å². The molecule has 0 aliphatic heterocycles. The van der Waals surface area contributed by atoms with Crippen LogP contribution in [0.2, 0.25) is 0 Å². The molecular formula is C16H16N2O5. The minimum Gasteiger partial charge on any atom is -0.491 e. The minimum atomic E-state index is -0.864. The van der Waals surface area contributed by atoms with Crippen LogP contribution in [0.1, 0.15) is 10.4 Å². The molecule has 2 aromatic rings. The summed E-state index contributed by atoms with van der Waals surface area (Å²) in [7, 11) is 0. The first-order chi connectivity index (χ1) is 11.1. The van der Waals surface area contributed by atoms with Crippen LogP contribution in [0.25, 0.3) is 0 Å². The van der Waals surface area contributed by atoms with E-state index in [1.807, 2.05) is 18.2 Å². The van der Waals surface area contributed by atoms with Crippen LogP contribution in [-0.4, -0.2) is 35.2 Å². The number of nitro benzene ring substituents is 1. The summed E-state index contributed by atoms with van der Waals surface area (Å²) in [5.41, 5.74) is 0.199. The Morgan fingerprint density at radius 1 is 1.17 bits per heavy atom. The van der Waals surface area contributed by atoms with Crippen LogP contribution in [0.5, 0.6) is 5.75 Å². The molecule has 0 saturated carbocycles. The van der Waals surface area contributed by atoms with Crippen LogP contribution in [0, 0.1) is 10.1 Å². The fourth-order valence-corrected chi connectivity index (χ4v) is 1.82. The van der Waals surface area contributed by atoms with Crippen LogP contribution < -0.4 is 10.1 Å². The molecule has 7 heteroatoms. The molecule has 2 aromatic carbocycles.